The standard InChI is InChI=1S/C26H27ClN4O2S/c1-17-5-4-6-21(13-17)31-26-22(18(2)28-31)15-24(34-26)25(32)30-11-9-29(10-12-30)16-19-14-20(27)7-8-23(19)33-3/h4-8,13-15H,9-12,16H2,1-3H3. The molecule has 0 aliphatic carbocycles. The molecule has 0 bridgehead atoms. The first-order chi connectivity index (χ1) is 16.4. The summed E-state index contributed by atoms with van der Waals surface area (Å²) < 4.78 is 7.44. The lowest BCUT2D eigenvalue weighted by atomic mass is 10.1. The van der Waals surface area contributed by atoms with Crippen LogP contribution in [-0.4, -0.2) is 58.8 Å². The number of carbonyl (C=O) groups excluding carboxylic acids is 1. The molecule has 0 atom stereocenters. The summed E-state index contributed by atoms with van der Waals surface area (Å²) in [6, 6.07) is 16.0. The molecule has 1 aliphatic heterocycles. The first-order valence-corrected chi connectivity index (χ1v) is 12.5. The van der Waals surface area contributed by atoms with Crippen molar-refractivity contribution in [1.29, 1.82) is 0 Å². The van der Waals surface area contributed by atoms with Crippen LogP contribution in [0.4, 0.5) is 0 Å². The number of thiophene rings is 1. The monoisotopic (exact) mass is 494 g/mol. The average molecular weight is 495 g/mol. The number of amides is 1. The normalized spacial score (nSPS) is 14.6. The van der Waals surface area contributed by atoms with Crippen molar-refractivity contribution in [3.8, 4) is 11.4 Å². The highest BCUT2D eigenvalue weighted by Crippen LogP contribution is 2.32. The van der Waals surface area contributed by atoms with Gasteiger partial charge in [-0.3, -0.25) is 9.69 Å². The maximum Gasteiger partial charge on any atom is 0.264 e. The van der Waals surface area contributed by atoms with Gasteiger partial charge in [0.05, 0.1) is 23.4 Å². The van der Waals surface area contributed by atoms with Crippen LogP contribution in [0.3, 0.4) is 0 Å². The molecular formula is C26H27ClN4O2S. The Balaban J connectivity index is 1.30. The van der Waals surface area contributed by atoms with Crippen LogP contribution >= 0.6 is 22.9 Å². The molecule has 8 heteroatoms. The van der Waals surface area contributed by atoms with Crippen LogP contribution < -0.4 is 4.74 Å². The van der Waals surface area contributed by atoms with Crippen molar-refractivity contribution in [3.63, 3.8) is 0 Å². The highest BCUT2D eigenvalue weighted by molar-refractivity contribution is 7.20. The summed E-state index contributed by atoms with van der Waals surface area (Å²) in [6.07, 6.45) is 0. The molecule has 0 spiro atoms. The first-order valence-electron chi connectivity index (χ1n) is 11.3. The molecule has 6 nitrogen and oxygen atoms in total. The lowest BCUT2D eigenvalue weighted by Gasteiger charge is -2.34. The Morgan fingerprint density at radius 1 is 1.09 bits per heavy atom. The molecule has 0 radical (unpaired) electrons. The number of fused-ring (bicyclic) bond motifs is 1. The number of hydrogen-bond acceptors (Lipinski definition) is 5. The fourth-order valence-electron chi connectivity index (χ4n) is 4.46. The van der Waals surface area contributed by atoms with Gasteiger partial charge in [-0.15, -0.1) is 11.3 Å². The minimum absolute atomic E-state index is 0.0939. The van der Waals surface area contributed by atoms with Crippen molar-refractivity contribution in [2.24, 2.45) is 0 Å². The van der Waals surface area contributed by atoms with E-state index in [-0.39, 0.29) is 5.91 Å². The van der Waals surface area contributed by atoms with E-state index in [2.05, 4.69) is 24.0 Å². The predicted octanol–water partition coefficient (Wildman–Crippen LogP) is 5.32. The van der Waals surface area contributed by atoms with Crippen LogP contribution in [0.5, 0.6) is 5.75 Å². The highest BCUT2D eigenvalue weighted by atomic mass is 35.5. The summed E-state index contributed by atoms with van der Waals surface area (Å²) in [6.45, 7) is 7.82. The number of methoxy groups -OCH3 is 1. The number of carbonyl (C=O) groups is 1. The van der Waals surface area contributed by atoms with Gasteiger partial charge in [-0.2, -0.15) is 5.10 Å². The molecule has 34 heavy (non-hydrogen) atoms. The van der Waals surface area contributed by atoms with E-state index < -0.39 is 0 Å². The van der Waals surface area contributed by atoms with Gasteiger partial charge >= 0.3 is 0 Å². The molecule has 0 unspecified atom stereocenters. The maximum absolute atomic E-state index is 13.3. The Morgan fingerprint density at radius 3 is 2.62 bits per heavy atom. The van der Waals surface area contributed by atoms with Crippen LogP contribution in [0, 0.1) is 13.8 Å². The topological polar surface area (TPSA) is 50.6 Å². The third-order valence-electron chi connectivity index (χ3n) is 6.30. The molecule has 1 saturated heterocycles. The first kappa shape index (κ1) is 22.9. The average Bonchev–Trinajstić information content (AvgIpc) is 3.40. The number of benzene rings is 2. The van der Waals surface area contributed by atoms with Crippen molar-refractivity contribution >= 4 is 39.1 Å². The van der Waals surface area contributed by atoms with Crippen molar-refractivity contribution in [2.45, 2.75) is 20.4 Å². The molecule has 3 heterocycles. The SMILES string of the molecule is COc1ccc(Cl)cc1CN1CCN(C(=O)c2cc3c(C)nn(-c4cccc(C)c4)c3s2)CC1. The minimum atomic E-state index is 0.0939. The number of nitrogens with zero attached hydrogens (tertiary/aromatic N) is 4. The lowest BCUT2D eigenvalue weighted by Crippen LogP contribution is -2.48. The molecule has 0 saturated carbocycles. The Labute approximate surface area is 208 Å². The summed E-state index contributed by atoms with van der Waals surface area (Å²) in [5, 5.41) is 6.47. The third-order valence-corrected chi connectivity index (χ3v) is 7.63. The number of aromatic nitrogens is 2. The van der Waals surface area contributed by atoms with Gasteiger partial charge in [0.15, 0.2) is 0 Å². The lowest BCUT2D eigenvalue weighted by molar-refractivity contribution is 0.0632. The highest BCUT2D eigenvalue weighted by Gasteiger charge is 2.25. The number of rotatable bonds is 5. The molecular weight excluding hydrogens is 468 g/mol. The summed E-state index contributed by atoms with van der Waals surface area (Å²) >= 11 is 7.71. The predicted molar refractivity (Wildman–Crippen MR) is 138 cm³/mol. The van der Waals surface area contributed by atoms with Crippen LogP contribution in [0.25, 0.3) is 15.9 Å². The molecule has 4 aromatic rings. The van der Waals surface area contributed by atoms with E-state index >= 15 is 0 Å². The smallest absolute Gasteiger partial charge is 0.264 e. The second-order valence-electron chi connectivity index (χ2n) is 8.69. The molecule has 1 amide bonds. The van der Waals surface area contributed by atoms with Crippen molar-refractivity contribution in [1.82, 2.24) is 19.6 Å². The van der Waals surface area contributed by atoms with Crippen LogP contribution in [0.2, 0.25) is 5.02 Å². The van der Waals surface area contributed by atoms with Gasteiger partial charge in [-0.05, 0) is 55.8 Å². The molecule has 1 aliphatic rings. The second-order valence-corrected chi connectivity index (χ2v) is 10.2. The van der Waals surface area contributed by atoms with E-state index in [9.17, 15) is 4.79 Å². The number of piperazine rings is 1. The zero-order valence-corrected chi connectivity index (χ0v) is 21.1. The number of halogens is 1. The minimum Gasteiger partial charge on any atom is -0.496 e. The quantitative estimate of drug-likeness (QED) is 0.376. The van der Waals surface area contributed by atoms with E-state index in [0.29, 0.717) is 18.1 Å². The fraction of sp³-hybridized carbons (Fsp3) is 0.308. The molecule has 2 aromatic heterocycles. The largest absolute Gasteiger partial charge is 0.496 e. The van der Waals surface area contributed by atoms with E-state index in [1.807, 2.05) is 52.9 Å². The second kappa shape index (κ2) is 9.41. The van der Waals surface area contributed by atoms with Gasteiger partial charge in [0.1, 0.15) is 10.6 Å². The Hall–Kier alpha value is -2.87. The molecule has 176 valence electrons. The molecule has 2 aromatic carbocycles. The van der Waals surface area contributed by atoms with Crippen molar-refractivity contribution < 1.29 is 9.53 Å². The zero-order valence-electron chi connectivity index (χ0n) is 19.5. The molecule has 5 rings (SSSR count). The van der Waals surface area contributed by atoms with Gasteiger partial charge in [0, 0.05) is 48.7 Å². The van der Waals surface area contributed by atoms with E-state index in [1.165, 1.54) is 16.9 Å². The Morgan fingerprint density at radius 2 is 1.88 bits per heavy atom. The number of ether oxygens (including phenoxy) is 1. The van der Waals surface area contributed by atoms with Gasteiger partial charge in [0.25, 0.3) is 5.91 Å². The van der Waals surface area contributed by atoms with E-state index in [4.69, 9.17) is 21.4 Å². The van der Waals surface area contributed by atoms with Gasteiger partial charge < -0.3 is 9.64 Å². The fourth-order valence-corrected chi connectivity index (χ4v) is 5.81. The van der Waals surface area contributed by atoms with Crippen LogP contribution in [0.1, 0.15) is 26.5 Å². The summed E-state index contributed by atoms with van der Waals surface area (Å²) in [7, 11) is 1.67. The van der Waals surface area contributed by atoms with Gasteiger partial charge in [0.2, 0.25) is 0 Å². The zero-order chi connectivity index (χ0) is 23.8. The van der Waals surface area contributed by atoms with E-state index in [0.717, 1.165) is 57.4 Å². The van der Waals surface area contributed by atoms with Gasteiger partial charge in [-0.1, -0.05) is 23.7 Å². The number of aryl methyl sites for hydroxylation is 2. The number of hydrogen-bond donors (Lipinski definition) is 0. The Kier molecular flexibility index (Phi) is 6.34. The van der Waals surface area contributed by atoms with Crippen molar-refractivity contribution in [2.75, 3.05) is 33.3 Å². The van der Waals surface area contributed by atoms with E-state index in [1.54, 1.807) is 7.11 Å². The maximum atomic E-state index is 13.3. The third kappa shape index (κ3) is 4.43. The van der Waals surface area contributed by atoms with Crippen molar-refractivity contribution in [3.05, 3.63) is 75.3 Å². The summed E-state index contributed by atoms with van der Waals surface area (Å²) in [5.74, 6) is 0.933. The van der Waals surface area contributed by atoms with Gasteiger partial charge in [-0.25, -0.2) is 4.68 Å². The summed E-state index contributed by atoms with van der Waals surface area (Å²) in [4.78, 5) is 19.4. The van der Waals surface area contributed by atoms with Crippen LogP contribution in [0.15, 0.2) is 48.5 Å². The van der Waals surface area contributed by atoms with Crippen LogP contribution in [-0.2, 0) is 6.54 Å². The molecule has 0 N–H and O–H groups in total. The Bertz CT molecular complexity index is 1350. The molecule has 1 fully saturated rings. The summed E-state index contributed by atoms with van der Waals surface area (Å²) in [5.41, 5.74) is 4.20.